The fourth-order valence-electron chi connectivity index (χ4n) is 8.20. The normalized spacial score (nSPS) is 12.4. The van der Waals surface area contributed by atoms with Crippen molar-refractivity contribution in [3.05, 3.63) is 152 Å². The van der Waals surface area contributed by atoms with Gasteiger partial charge in [0.25, 0.3) is 0 Å². The lowest BCUT2D eigenvalue weighted by atomic mass is 10.1. The molecule has 0 atom stereocenters. The molecule has 11 aromatic rings. The summed E-state index contributed by atoms with van der Waals surface area (Å²) in [4.78, 5) is 0. The predicted molar refractivity (Wildman–Crippen MR) is 190 cm³/mol. The van der Waals surface area contributed by atoms with E-state index in [0.29, 0.717) is 0 Å². The zero-order valence-electron chi connectivity index (χ0n) is 24.3. The molecular weight excluding hydrogens is 546 g/mol. The van der Waals surface area contributed by atoms with Gasteiger partial charge in [-0.15, -0.1) is 0 Å². The van der Waals surface area contributed by atoms with Gasteiger partial charge in [-0.3, -0.25) is 0 Å². The average molecular weight is 572 g/mol. The van der Waals surface area contributed by atoms with Crippen LogP contribution in [0.4, 0.5) is 0 Å². The van der Waals surface area contributed by atoms with Gasteiger partial charge in [0.05, 0.1) is 44.3 Å². The van der Waals surface area contributed by atoms with Gasteiger partial charge in [-0.25, -0.2) is 0 Å². The first-order valence-electron chi connectivity index (χ1n) is 15.5. The van der Waals surface area contributed by atoms with Gasteiger partial charge in [-0.1, -0.05) is 103 Å². The number of fused-ring (bicyclic) bond motifs is 12. The van der Waals surface area contributed by atoms with E-state index >= 15 is 0 Å². The quantitative estimate of drug-likeness (QED) is 0.196. The van der Waals surface area contributed by atoms with Gasteiger partial charge in [0.1, 0.15) is 0 Å². The Kier molecular flexibility index (Phi) is 4.32. The highest BCUT2D eigenvalue weighted by atomic mass is 15.0. The molecule has 7 aromatic carbocycles. The van der Waals surface area contributed by atoms with Crippen LogP contribution in [0.5, 0.6) is 0 Å². The fraction of sp³-hybridized carbons (Fsp3) is 0. The summed E-state index contributed by atoms with van der Waals surface area (Å²) in [5, 5.41) is 10.3. The summed E-state index contributed by atoms with van der Waals surface area (Å²) in [6.07, 6.45) is 0. The van der Waals surface area contributed by atoms with Gasteiger partial charge >= 0.3 is 0 Å². The van der Waals surface area contributed by atoms with Crippen molar-refractivity contribution in [3.63, 3.8) is 0 Å². The first kappa shape index (κ1) is 23.4. The molecule has 0 N–H and O–H groups in total. The first-order valence-corrected chi connectivity index (χ1v) is 15.5. The van der Waals surface area contributed by atoms with Crippen LogP contribution in [0.3, 0.4) is 0 Å². The number of hydrogen-bond acceptors (Lipinski definition) is 0. The molecule has 0 spiro atoms. The Morgan fingerprint density at radius 1 is 0.311 bits per heavy atom. The van der Waals surface area contributed by atoms with Crippen LogP contribution < -0.4 is 0 Å². The van der Waals surface area contributed by atoms with Crippen molar-refractivity contribution in [2.24, 2.45) is 0 Å². The summed E-state index contributed by atoms with van der Waals surface area (Å²) in [7, 11) is 0. The zero-order valence-corrected chi connectivity index (χ0v) is 24.3. The van der Waals surface area contributed by atoms with Crippen LogP contribution in [0.25, 0.3) is 93.1 Å². The topological polar surface area (TPSA) is 14.3 Å². The molecule has 0 unspecified atom stereocenters. The molecular formula is C42H25N3. The van der Waals surface area contributed by atoms with E-state index in [1.165, 1.54) is 87.4 Å². The van der Waals surface area contributed by atoms with Crippen molar-refractivity contribution >= 4 is 81.7 Å². The van der Waals surface area contributed by atoms with Gasteiger partial charge in [0.15, 0.2) is 0 Å². The lowest BCUT2D eigenvalue weighted by Crippen LogP contribution is -1.96. The Morgan fingerprint density at radius 3 is 1.49 bits per heavy atom. The van der Waals surface area contributed by atoms with Crippen LogP contribution >= 0.6 is 0 Å². The molecule has 0 aliphatic heterocycles. The van der Waals surface area contributed by atoms with Crippen LogP contribution in [0.15, 0.2) is 152 Å². The Labute approximate surface area is 257 Å². The van der Waals surface area contributed by atoms with E-state index in [9.17, 15) is 0 Å². The highest BCUT2D eigenvalue weighted by Gasteiger charge is 2.21. The molecule has 0 fully saturated rings. The highest BCUT2D eigenvalue weighted by Crippen LogP contribution is 2.42. The predicted octanol–water partition coefficient (Wildman–Crippen LogP) is 11.0. The third-order valence-electron chi connectivity index (χ3n) is 9.96. The Balaban J connectivity index is 1.27. The third-order valence-corrected chi connectivity index (χ3v) is 9.96. The minimum Gasteiger partial charge on any atom is -0.309 e. The summed E-state index contributed by atoms with van der Waals surface area (Å²) in [6.45, 7) is 0. The highest BCUT2D eigenvalue weighted by molar-refractivity contribution is 6.23. The Hall–Kier alpha value is -6.06. The minimum atomic E-state index is 1.16. The number of rotatable bonds is 2. The molecule has 0 bridgehead atoms. The Morgan fingerprint density at radius 2 is 0.800 bits per heavy atom. The molecule has 208 valence electrons. The molecule has 4 heterocycles. The lowest BCUT2D eigenvalue weighted by molar-refractivity contribution is 1.17. The van der Waals surface area contributed by atoms with E-state index in [0.717, 1.165) is 5.69 Å². The zero-order chi connectivity index (χ0) is 29.2. The lowest BCUT2D eigenvalue weighted by Gasteiger charge is -2.12. The molecule has 0 saturated heterocycles. The largest absolute Gasteiger partial charge is 0.309 e. The van der Waals surface area contributed by atoms with Crippen molar-refractivity contribution in [2.45, 2.75) is 0 Å². The number of hydrogen-bond donors (Lipinski definition) is 0. The van der Waals surface area contributed by atoms with Crippen molar-refractivity contribution in [3.8, 4) is 11.4 Å². The van der Waals surface area contributed by atoms with Crippen LogP contribution in [0, 0.1) is 0 Å². The maximum absolute atomic E-state index is 2.47. The van der Waals surface area contributed by atoms with Gasteiger partial charge in [-0.05, 0) is 48.5 Å². The number of aromatic nitrogens is 3. The molecule has 3 heteroatoms. The molecule has 0 aliphatic rings. The van der Waals surface area contributed by atoms with E-state index in [1.807, 2.05) is 0 Å². The van der Waals surface area contributed by atoms with Crippen molar-refractivity contribution in [1.29, 1.82) is 0 Å². The van der Waals surface area contributed by atoms with Gasteiger partial charge in [0.2, 0.25) is 0 Å². The second-order valence-electron chi connectivity index (χ2n) is 12.1. The van der Waals surface area contributed by atoms with Crippen LogP contribution in [0.2, 0.25) is 0 Å². The second-order valence-corrected chi connectivity index (χ2v) is 12.1. The average Bonchev–Trinajstić information content (AvgIpc) is 3.82. The van der Waals surface area contributed by atoms with Gasteiger partial charge in [0, 0.05) is 48.8 Å². The monoisotopic (exact) mass is 571 g/mol. The second kappa shape index (κ2) is 8.31. The van der Waals surface area contributed by atoms with Crippen LogP contribution in [0.1, 0.15) is 0 Å². The van der Waals surface area contributed by atoms with E-state index in [4.69, 9.17) is 0 Å². The maximum atomic E-state index is 2.47. The van der Waals surface area contributed by atoms with Crippen LogP contribution in [-0.2, 0) is 0 Å². The van der Waals surface area contributed by atoms with Crippen molar-refractivity contribution < 1.29 is 0 Å². The summed E-state index contributed by atoms with van der Waals surface area (Å²) in [5.74, 6) is 0. The molecule has 3 nitrogen and oxygen atoms in total. The standard InChI is InChI=1S/C42H25N3/c1-5-17-34-27(11-1)28-12-2-6-18-35(28)44(34)39-22-10-21-38-41(39)33-14-4-8-20-37(33)43(38)26-23-24-30-32-16-9-15-31-29-13-3-7-19-36(29)45(42(31)32)40(30)25-26/h1-25H. The maximum Gasteiger partial charge on any atom is 0.0620 e. The fourth-order valence-corrected chi connectivity index (χ4v) is 8.20. The summed E-state index contributed by atoms with van der Waals surface area (Å²) >= 11 is 0. The summed E-state index contributed by atoms with van der Waals surface area (Å²) in [5.41, 5.74) is 11.0. The number of nitrogens with zero attached hydrogens (tertiary/aromatic N) is 3. The van der Waals surface area contributed by atoms with E-state index in [-0.39, 0.29) is 0 Å². The molecule has 0 aliphatic carbocycles. The third kappa shape index (κ3) is 2.86. The minimum absolute atomic E-state index is 1.16. The molecule has 0 amide bonds. The smallest absolute Gasteiger partial charge is 0.0620 e. The molecule has 45 heavy (non-hydrogen) atoms. The van der Waals surface area contributed by atoms with Gasteiger partial charge < -0.3 is 13.5 Å². The number of para-hydroxylation sites is 5. The van der Waals surface area contributed by atoms with Crippen LogP contribution in [-0.4, -0.2) is 13.5 Å². The van der Waals surface area contributed by atoms with E-state index < -0.39 is 0 Å². The van der Waals surface area contributed by atoms with Gasteiger partial charge in [-0.2, -0.15) is 0 Å². The summed E-state index contributed by atoms with van der Waals surface area (Å²) < 4.78 is 7.37. The van der Waals surface area contributed by atoms with E-state index in [1.54, 1.807) is 0 Å². The molecule has 0 saturated carbocycles. The number of benzene rings is 7. The van der Waals surface area contributed by atoms with E-state index in [2.05, 4.69) is 165 Å². The SMILES string of the molecule is c1ccc2c(c1)c1ccccc1n2-c1cccc2c1c1ccccc1n2-c1ccc2c3cccc4c5ccccc5n(c2c1)c43. The Bertz CT molecular complexity index is 2930. The molecule has 11 rings (SSSR count). The summed E-state index contributed by atoms with van der Waals surface area (Å²) in [6, 6.07) is 55.7. The first-order chi connectivity index (χ1) is 22.4. The van der Waals surface area contributed by atoms with Crippen molar-refractivity contribution in [2.75, 3.05) is 0 Å². The molecule has 4 aromatic heterocycles. The van der Waals surface area contributed by atoms with Crippen molar-refractivity contribution in [1.82, 2.24) is 13.5 Å². The molecule has 0 radical (unpaired) electrons.